The lowest BCUT2D eigenvalue weighted by Gasteiger charge is -2.30. The highest BCUT2D eigenvalue weighted by molar-refractivity contribution is 5.07. The minimum Gasteiger partial charge on any atom is -0.338 e. The highest BCUT2D eigenvalue weighted by atomic mass is 15.0. The van der Waals surface area contributed by atoms with Crippen molar-refractivity contribution in [3.05, 3.63) is 30.1 Å². The van der Waals surface area contributed by atoms with Gasteiger partial charge in [0.25, 0.3) is 0 Å². The van der Waals surface area contributed by atoms with E-state index in [9.17, 15) is 0 Å². The molecule has 2 N–H and O–H groups in total. The standard InChI is InChI=1S/C14H24N2/c1-13(2,3)11-14(4,5)16-10-12-6-8-15-9-7-12/h6-9,16H,10-11H2,1-5H3/p+1. The average molecular weight is 221 g/mol. The summed E-state index contributed by atoms with van der Waals surface area (Å²) in [5, 5.41) is 2.42. The Morgan fingerprint density at radius 2 is 1.62 bits per heavy atom. The molecule has 1 heterocycles. The van der Waals surface area contributed by atoms with Crippen molar-refractivity contribution in [2.45, 2.75) is 53.1 Å². The molecular weight excluding hydrogens is 196 g/mol. The van der Waals surface area contributed by atoms with E-state index in [1.807, 2.05) is 12.4 Å². The monoisotopic (exact) mass is 221 g/mol. The third-order valence-corrected chi connectivity index (χ3v) is 2.63. The van der Waals surface area contributed by atoms with E-state index in [0.717, 1.165) is 6.54 Å². The first kappa shape index (κ1) is 13.2. The van der Waals surface area contributed by atoms with Crippen LogP contribution in [0.25, 0.3) is 0 Å². The Balaban J connectivity index is 2.48. The zero-order valence-corrected chi connectivity index (χ0v) is 11.2. The van der Waals surface area contributed by atoms with Gasteiger partial charge in [0, 0.05) is 24.4 Å². The maximum absolute atomic E-state index is 4.04. The van der Waals surface area contributed by atoms with E-state index in [4.69, 9.17) is 0 Å². The topological polar surface area (TPSA) is 29.5 Å². The van der Waals surface area contributed by atoms with Crippen molar-refractivity contribution in [2.75, 3.05) is 0 Å². The second-order valence-electron chi connectivity index (χ2n) is 6.49. The van der Waals surface area contributed by atoms with Gasteiger partial charge in [0.05, 0.1) is 5.54 Å². The molecule has 0 amide bonds. The number of hydrogen-bond donors (Lipinski definition) is 1. The van der Waals surface area contributed by atoms with E-state index in [2.05, 4.69) is 57.1 Å². The van der Waals surface area contributed by atoms with E-state index in [1.54, 1.807) is 0 Å². The number of nitrogens with two attached hydrogens (primary N) is 1. The van der Waals surface area contributed by atoms with Gasteiger partial charge in [-0.15, -0.1) is 0 Å². The molecule has 90 valence electrons. The second kappa shape index (κ2) is 4.96. The maximum Gasteiger partial charge on any atom is 0.102 e. The van der Waals surface area contributed by atoms with Crippen LogP contribution in [0.15, 0.2) is 24.5 Å². The lowest BCUT2D eigenvalue weighted by Crippen LogP contribution is -2.94. The molecule has 0 atom stereocenters. The summed E-state index contributed by atoms with van der Waals surface area (Å²) in [6.45, 7) is 12.6. The summed E-state index contributed by atoms with van der Waals surface area (Å²) in [5.41, 5.74) is 2.02. The van der Waals surface area contributed by atoms with Crippen LogP contribution in [-0.4, -0.2) is 10.5 Å². The smallest absolute Gasteiger partial charge is 0.102 e. The molecule has 2 nitrogen and oxygen atoms in total. The van der Waals surface area contributed by atoms with Crippen molar-refractivity contribution in [1.82, 2.24) is 4.98 Å². The number of quaternary nitrogens is 1. The van der Waals surface area contributed by atoms with Crippen molar-refractivity contribution < 1.29 is 5.32 Å². The van der Waals surface area contributed by atoms with Crippen LogP contribution in [0.5, 0.6) is 0 Å². The van der Waals surface area contributed by atoms with Crippen LogP contribution in [0.4, 0.5) is 0 Å². The summed E-state index contributed by atoms with van der Waals surface area (Å²) < 4.78 is 0. The molecule has 2 heteroatoms. The number of rotatable bonds is 4. The van der Waals surface area contributed by atoms with Gasteiger partial charge in [0.15, 0.2) is 0 Å². The first-order valence-corrected chi connectivity index (χ1v) is 6.02. The molecule has 0 saturated heterocycles. The summed E-state index contributed by atoms with van der Waals surface area (Å²) in [4.78, 5) is 4.04. The van der Waals surface area contributed by atoms with E-state index in [0.29, 0.717) is 11.0 Å². The van der Waals surface area contributed by atoms with Crippen molar-refractivity contribution in [2.24, 2.45) is 5.41 Å². The van der Waals surface area contributed by atoms with Crippen LogP contribution in [-0.2, 0) is 6.54 Å². The highest BCUT2D eigenvalue weighted by Crippen LogP contribution is 2.24. The molecular formula is C14H25N2+. The van der Waals surface area contributed by atoms with Crippen LogP contribution in [0.1, 0.15) is 46.6 Å². The fourth-order valence-electron chi connectivity index (χ4n) is 2.35. The second-order valence-corrected chi connectivity index (χ2v) is 6.49. The van der Waals surface area contributed by atoms with Crippen molar-refractivity contribution >= 4 is 0 Å². The molecule has 0 spiro atoms. The molecule has 0 aliphatic carbocycles. The van der Waals surface area contributed by atoms with Crippen LogP contribution >= 0.6 is 0 Å². The molecule has 1 aromatic heterocycles. The first-order chi connectivity index (χ1) is 7.29. The summed E-state index contributed by atoms with van der Waals surface area (Å²) in [5.74, 6) is 0. The van der Waals surface area contributed by atoms with E-state index in [1.165, 1.54) is 12.0 Å². The van der Waals surface area contributed by atoms with E-state index in [-0.39, 0.29) is 0 Å². The minimum atomic E-state index is 0.293. The normalized spacial score (nSPS) is 12.8. The lowest BCUT2D eigenvalue weighted by molar-refractivity contribution is -0.737. The Bertz CT molecular complexity index is 309. The van der Waals surface area contributed by atoms with Gasteiger partial charge >= 0.3 is 0 Å². The first-order valence-electron chi connectivity index (χ1n) is 6.02. The molecule has 0 radical (unpaired) electrons. The number of nitrogens with zero attached hydrogens (tertiary/aromatic N) is 1. The Morgan fingerprint density at radius 1 is 1.06 bits per heavy atom. The molecule has 0 bridgehead atoms. The zero-order chi connectivity index (χ0) is 12.2. The van der Waals surface area contributed by atoms with Crippen LogP contribution in [0, 0.1) is 5.41 Å². The SMILES string of the molecule is CC(C)(C)CC(C)(C)[NH2+]Cc1ccncc1. The Kier molecular flexibility index (Phi) is 4.09. The van der Waals surface area contributed by atoms with Crippen LogP contribution in [0.3, 0.4) is 0 Å². The predicted molar refractivity (Wildman–Crippen MR) is 68.0 cm³/mol. The highest BCUT2D eigenvalue weighted by Gasteiger charge is 2.27. The predicted octanol–water partition coefficient (Wildman–Crippen LogP) is 2.36. The van der Waals surface area contributed by atoms with E-state index >= 15 is 0 Å². The third-order valence-electron chi connectivity index (χ3n) is 2.63. The lowest BCUT2D eigenvalue weighted by atomic mass is 9.82. The van der Waals surface area contributed by atoms with Crippen LogP contribution < -0.4 is 5.32 Å². The van der Waals surface area contributed by atoms with Crippen LogP contribution in [0.2, 0.25) is 0 Å². The molecule has 0 aliphatic heterocycles. The van der Waals surface area contributed by atoms with Gasteiger partial charge in [-0.3, -0.25) is 4.98 Å². The summed E-state index contributed by atoms with van der Waals surface area (Å²) >= 11 is 0. The van der Waals surface area contributed by atoms with Gasteiger partial charge in [-0.05, 0) is 31.4 Å². The summed E-state index contributed by atoms with van der Waals surface area (Å²) in [6, 6.07) is 4.17. The number of pyridine rings is 1. The van der Waals surface area contributed by atoms with Gasteiger partial charge < -0.3 is 5.32 Å². The fraction of sp³-hybridized carbons (Fsp3) is 0.643. The van der Waals surface area contributed by atoms with Crippen molar-refractivity contribution in [3.63, 3.8) is 0 Å². The average Bonchev–Trinajstić information content (AvgIpc) is 2.13. The molecule has 1 rings (SSSR count). The summed E-state index contributed by atoms with van der Waals surface area (Å²) in [6.07, 6.45) is 4.94. The Morgan fingerprint density at radius 3 is 2.12 bits per heavy atom. The number of hydrogen-bond acceptors (Lipinski definition) is 1. The molecule has 0 fully saturated rings. The van der Waals surface area contributed by atoms with Gasteiger partial charge in [0.2, 0.25) is 0 Å². The molecule has 16 heavy (non-hydrogen) atoms. The molecule has 0 unspecified atom stereocenters. The fourth-order valence-corrected chi connectivity index (χ4v) is 2.35. The molecule has 1 aromatic rings. The molecule has 0 aliphatic rings. The van der Waals surface area contributed by atoms with Gasteiger partial charge in [-0.25, -0.2) is 0 Å². The zero-order valence-electron chi connectivity index (χ0n) is 11.2. The van der Waals surface area contributed by atoms with Crippen molar-refractivity contribution in [1.29, 1.82) is 0 Å². The third kappa shape index (κ3) is 5.26. The largest absolute Gasteiger partial charge is 0.338 e. The minimum absolute atomic E-state index is 0.293. The Hall–Kier alpha value is -0.890. The summed E-state index contributed by atoms with van der Waals surface area (Å²) in [7, 11) is 0. The van der Waals surface area contributed by atoms with Crippen molar-refractivity contribution in [3.8, 4) is 0 Å². The molecule has 0 saturated carbocycles. The van der Waals surface area contributed by atoms with Gasteiger partial charge in [-0.2, -0.15) is 0 Å². The quantitative estimate of drug-likeness (QED) is 0.831. The van der Waals surface area contributed by atoms with Gasteiger partial charge in [-0.1, -0.05) is 20.8 Å². The Labute approximate surface area is 99.5 Å². The number of aromatic nitrogens is 1. The van der Waals surface area contributed by atoms with E-state index < -0.39 is 0 Å². The molecule has 0 aromatic carbocycles. The maximum atomic E-state index is 4.04. The van der Waals surface area contributed by atoms with Gasteiger partial charge in [0.1, 0.15) is 6.54 Å².